The third-order valence-corrected chi connectivity index (χ3v) is 5.26. The van der Waals surface area contributed by atoms with Gasteiger partial charge in [-0.05, 0) is 28.6 Å². The van der Waals surface area contributed by atoms with Crippen molar-refractivity contribution in [3.63, 3.8) is 0 Å². The van der Waals surface area contributed by atoms with Crippen LogP contribution in [0.1, 0.15) is 28.1 Å². The number of β-amino-alcohol motifs (C(OH)–C–C–N with tert-alkyl or cyclic N) is 1. The van der Waals surface area contributed by atoms with E-state index in [0.29, 0.717) is 23.7 Å². The number of rotatable bonds is 3. The van der Waals surface area contributed by atoms with Gasteiger partial charge in [0.1, 0.15) is 12.1 Å². The Morgan fingerprint density at radius 1 is 1.33 bits per heavy atom. The highest BCUT2D eigenvalue weighted by molar-refractivity contribution is 7.79. The number of carbonyl (C=O) groups excluding carboxylic acids is 1. The van der Waals surface area contributed by atoms with E-state index in [0.717, 1.165) is 10.4 Å². The number of nitrogens with zero attached hydrogens (tertiary/aromatic N) is 1. The third kappa shape index (κ3) is 5.98. The van der Waals surface area contributed by atoms with E-state index in [1.165, 1.54) is 7.11 Å². The predicted molar refractivity (Wildman–Crippen MR) is 100 cm³/mol. The number of thiophene rings is 1. The molecule has 2 aromatic rings. The Labute approximate surface area is 165 Å². The number of ether oxygens (including phenoxy) is 1. The van der Waals surface area contributed by atoms with Crippen molar-refractivity contribution in [2.24, 2.45) is 0 Å². The molecule has 1 aliphatic heterocycles. The molecule has 11 heteroatoms. The topological polar surface area (TPSA) is 124 Å². The number of hydrogen-bond acceptors (Lipinski definition) is 7. The zero-order chi connectivity index (χ0) is 20.2. The fraction of sp³-hybridized carbons (Fsp3) is 0.312. The second-order valence-corrected chi connectivity index (χ2v) is 7.90. The molecule has 8 nitrogen and oxygen atoms in total. The van der Waals surface area contributed by atoms with E-state index in [1.54, 1.807) is 17.4 Å². The number of carbonyl (C=O) groups is 1. The van der Waals surface area contributed by atoms with Gasteiger partial charge in [-0.1, -0.05) is 29.8 Å². The molecule has 0 spiro atoms. The average Bonchev–Trinajstić information content (AvgIpc) is 3.04. The Kier molecular flexibility index (Phi) is 7.34. The summed E-state index contributed by atoms with van der Waals surface area (Å²) in [5, 5.41) is 12.8. The number of benzene rings is 1. The molecule has 0 saturated heterocycles. The van der Waals surface area contributed by atoms with Gasteiger partial charge >= 0.3 is 16.4 Å². The first-order valence-corrected chi connectivity index (χ1v) is 10.3. The number of halogens is 1. The van der Waals surface area contributed by atoms with E-state index in [2.05, 4.69) is 0 Å². The number of fused-ring (bicyclic) bond motifs is 1. The number of aliphatic hydroxyl groups excluding tert-OH is 1. The molecule has 0 aliphatic carbocycles. The molecule has 0 radical (unpaired) electrons. The molecule has 1 unspecified atom stereocenters. The first kappa shape index (κ1) is 21.8. The Bertz CT molecular complexity index is 892. The van der Waals surface area contributed by atoms with Crippen LogP contribution in [0.3, 0.4) is 0 Å². The van der Waals surface area contributed by atoms with Crippen molar-refractivity contribution in [3.8, 4) is 0 Å². The van der Waals surface area contributed by atoms with Crippen molar-refractivity contribution in [2.75, 3.05) is 13.7 Å². The van der Waals surface area contributed by atoms with Crippen LogP contribution < -0.4 is 0 Å². The molecule has 1 aliphatic rings. The molecule has 2 atom stereocenters. The molecule has 0 saturated carbocycles. The van der Waals surface area contributed by atoms with E-state index in [-0.39, 0.29) is 5.97 Å². The lowest BCUT2D eigenvalue weighted by Gasteiger charge is -2.35. The number of methoxy groups -OCH3 is 1. The monoisotopic (exact) mass is 435 g/mol. The second-order valence-electron chi connectivity index (χ2n) is 5.65. The van der Waals surface area contributed by atoms with Crippen LogP contribution in [0.15, 0.2) is 35.7 Å². The van der Waals surface area contributed by atoms with Crippen LogP contribution in [-0.2, 0) is 26.5 Å². The van der Waals surface area contributed by atoms with Crippen LogP contribution in [0.4, 0.5) is 0 Å². The maximum absolute atomic E-state index is 12.3. The van der Waals surface area contributed by atoms with Crippen LogP contribution in [0, 0.1) is 0 Å². The molecular weight excluding hydrogens is 418 g/mol. The summed E-state index contributed by atoms with van der Waals surface area (Å²) in [6.45, 7) is 0.958. The maximum atomic E-state index is 12.3. The largest absolute Gasteiger partial charge is 0.468 e. The van der Waals surface area contributed by atoms with Gasteiger partial charge in [-0.25, -0.2) is 4.79 Å². The van der Waals surface area contributed by atoms with E-state index in [4.69, 9.17) is 33.9 Å². The van der Waals surface area contributed by atoms with E-state index in [1.807, 2.05) is 34.5 Å². The Morgan fingerprint density at radius 3 is 2.56 bits per heavy atom. The molecule has 3 N–H and O–H groups in total. The van der Waals surface area contributed by atoms with Gasteiger partial charge in [0.2, 0.25) is 0 Å². The summed E-state index contributed by atoms with van der Waals surface area (Å²) in [6.07, 6.45) is -0.599. The average molecular weight is 436 g/mol. The number of esters is 1. The minimum Gasteiger partial charge on any atom is -0.468 e. The van der Waals surface area contributed by atoms with Crippen molar-refractivity contribution < 1.29 is 32.2 Å². The fourth-order valence-corrected chi connectivity index (χ4v) is 3.97. The summed E-state index contributed by atoms with van der Waals surface area (Å²) >= 11 is 7.80. The Balaban J connectivity index is 0.000000465. The highest BCUT2D eigenvalue weighted by Crippen LogP contribution is 2.37. The molecule has 1 aromatic carbocycles. The third-order valence-electron chi connectivity index (χ3n) is 3.85. The molecule has 3 rings (SSSR count). The maximum Gasteiger partial charge on any atom is 0.394 e. The SMILES string of the molecule is COC(=O)[C@H](c1ccccc1Cl)N1Cc2ccsc2C(O)C1.O=S(=O)(O)O. The van der Waals surface area contributed by atoms with Gasteiger partial charge < -0.3 is 9.84 Å². The molecule has 2 heterocycles. The molecule has 0 fully saturated rings. The summed E-state index contributed by atoms with van der Waals surface area (Å²) in [7, 11) is -3.30. The van der Waals surface area contributed by atoms with Crippen molar-refractivity contribution in [3.05, 3.63) is 56.7 Å². The molecule has 27 heavy (non-hydrogen) atoms. The van der Waals surface area contributed by atoms with Gasteiger partial charge in [-0.2, -0.15) is 8.42 Å². The number of aliphatic hydroxyl groups is 1. The summed E-state index contributed by atoms with van der Waals surface area (Å²) in [4.78, 5) is 15.2. The van der Waals surface area contributed by atoms with Gasteiger partial charge in [-0.15, -0.1) is 11.3 Å². The smallest absolute Gasteiger partial charge is 0.394 e. The minimum atomic E-state index is -4.67. The minimum absolute atomic E-state index is 0.374. The second kappa shape index (κ2) is 9.11. The van der Waals surface area contributed by atoms with Gasteiger partial charge in [0.25, 0.3) is 0 Å². The summed E-state index contributed by atoms with van der Waals surface area (Å²) < 4.78 is 36.5. The van der Waals surface area contributed by atoms with Crippen molar-refractivity contribution in [1.29, 1.82) is 0 Å². The normalized spacial score (nSPS) is 18.0. The van der Waals surface area contributed by atoms with Gasteiger partial charge in [0.15, 0.2) is 0 Å². The van der Waals surface area contributed by atoms with E-state index in [9.17, 15) is 9.90 Å². The molecule has 0 bridgehead atoms. The van der Waals surface area contributed by atoms with Crippen molar-refractivity contribution in [1.82, 2.24) is 4.90 Å². The Morgan fingerprint density at radius 2 is 1.96 bits per heavy atom. The van der Waals surface area contributed by atoms with Crippen LogP contribution in [0.5, 0.6) is 0 Å². The summed E-state index contributed by atoms with van der Waals surface area (Å²) in [5.41, 5.74) is 1.74. The first-order chi connectivity index (χ1) is 12.6. The zero-order valence-corrected chi connectivity index (χ0v) is 16.5. The van der Waals surface area contributed by atoms with Crippen molar-refractivity contribution >= 4 is 39.3 Å². The predicted octanol–water partition coefficient (Wildman–Crippen LogP) is 2.51. The number of hydrogen-bond donors (Lipinski definition) is 3. The molecule has 1 aromatic heterocycles. The molecule has 0 amide bonds. The van der Waals surface area contributed by atoms with E-state index < -0.39 is 22.5 Å². The van der Waals surface area contributed by atoms with Crippen LogP contribution in [0.2, 0.25) is 5.02 Å². The Hall–Kier alpha value is -1.53. The van der Waals surface area contributed by atoms with Crippen molar-refractivity contribution in [2.45, 2.75) is 18.7 Å². The lowest BCUT2D eigenvalue weighted by atomic mass is 10.00. The zero-order valence-electron chi connectivity index (χ0n) is 14.1. The van der Waals surface area contributed by atoms with E-state index >= 15 is 0 Å². The standard InChI is InChI=1S/C16H16ClNO3S.H2O4S/c1-21-16(20)14(11-4-2-3-5-12(11)17)18-8-10-6-7-22-15(10)13(19)9-18;1-5(2,3)4/h2-7,13-14,19H,8-9H2,1H3;(H2,1,2,3,4)/t13?,14-;/m0./s1. The first-order valence-electron chi connectivity index (χ1n) is 7.62. The highest BCUT2D eigenvalue weighted by Gasteiger charge is 2.35. The van der Waals surface area contributed by atoms with Crippen LogP contribution in [-0.4, -0.2) is 47.2 Å². The summed E-state index contributed by atoms with van der Waals surface area (Å²) in [5.74, 6) is -0.376. The van der Waals surface area contributed by atoms with Gasteiger partial charge in [-0.3, -0.25) is 14.0 Å². The van der Waals surface area contributed by atoms with Crippen LogP contribution in [0.25, 0.3) is 0 Å². The van der Waals surface area contributed by atoms with Crippen LogP contribution >= 0.6 is 22.9 Å². The van der Waals surface area contributed by atoms with Gasteiger partial charge in [0, 0.05) is 23.0 Å². The van der Waals surface area contributed by atoms with Gasteiger partial charge in [0.05, 0.1) is 7.11 Å². The molecule has 148 valence electrons. The lowest BCUT2D eigenvalue weighted by molar-refractivity contribution is -0.148. The quantitative estimate of drug-likeness (QED) is 0.496. The summed E-state index contributed by atoms with van der Waals surface area (Å²) in [6, 6.07) is 8.59. The highest BCUT2D eigenvalue weighted by atomic mass is 35.5. The lowest BCUT2D eigenvalue weighted by Crippen LogP contribution is -2.40. The fourth-order valence-electron chi connectivity index (χ4n) is 2.84. The molecular formula is C16H18ClNO7S2.